The minimum atomic E-state index is -5.64. The number of oxazole rings is 1. The van der Waals surface area contributed by atoms with Gasteiger partial charge in [-0.2, -0.15) is 26.3 Å². The molecule has 1 aromatic heterocycles. The first-order valence-electron chi connectivity index (χ1n) is 5.26. The monoisotopic (exact) mass is 305 g/mol. The van der Waals surface area contributed by atoms with Crippen molar-refractivity contribution in [3.63, 3.8) is 0 Å². The Morgan fingerprint density at radius 2 is 1.75 bits per heavy atom. The van der Waals surface area contributed by atoms with Crippen LogP contribution in [0, 0.1) is 6.92 Å². The predicted molar refractivity (Wildman–Crippen MR) is 52.0 cm³/mol. The first kappa shape index (κ1) is 16.3. The van der Waals surface area contributed by atoms with E-state index in [-0.39, 0.29) is 6.61 Å². The molecule has 1 rings (SSSR count). The summed E-state index contributed by atoms with van der Waals surface area (Å²) in [4.78, 5) is 14.3. The molecule has 1 aromatic rings. The quantitative estimate of drug-likeness (QED) is 0.634. The molecular weight excluding hydrogens is 296 g/mol. The van der Waals surface area contributed by atoms with Gasteiger partial charge in [-0.25, -0.2) is 9.78 Å². The molecule has 20 heavy (non-hydrogen) atoms. The Balaban J connectivity index is 3.25. The second-order valence-electron chi connectivity index (χ2n) is 3.70. The third-order valence-electron chi connectivity index (χ3n) is 2.18. The maximum Gasteiger partial charge on any atom is 0.409 e. The molecule has 0 spiro atoms. The summed E-state index contributed by atoms with van der Waals surface area (Å²) in [7, 11) is 0. The predicted octanol–water partition coefficient (Wildman–Crippen LogP) is 3.37. The summed E-state index contributed by atoms with van der Waals surface area (Å²) in [5, 5.41) is 0. The molecule has 0 aliphatic rings. The van der Waals surface area contributed by atoms with Crippen molar-refractivity contribution in [1.82, 2.24) is 4.98 Å². The SMILES string of the molecule is CCOC(=O)c1oc(C(C(F)(F)F)C(F)(F)F)nc1C. The molecule has 0 aromatic carbocycles. The van der Waals surface area contributed by atoms with Crippen LogP contribution in [0.25, 0.3) is 0 Å². The van der Waals surface area contributed by atoms with Gasteiger partial charge in [0.25, 0.3) is 0 Å². The molecule has 0 unspecified atom stereocenters. The number of ether oxygens (including phenoxy) is 1. The van der Waals surface area contributed by atoms with Crippen LogP contribution in [0.4, 0.5) is 26.3 Å². The van der Waals surface area contributed by atoms with Crippen LogP contribution in [0.3, 0.4) is 0 Å². The van der Waals surface area contributed by atoms with Crippen LogP contribution in [0.2, 0.25) is 0 Å². The minimum absolute atomic E-state index is 0.115. The van der Waals surface area contributed by atoms with Gasteiger partial charge in [-0.15, -0.1) is 0 Å². The number of rotatable bonds is 3. The molecule has 0 radical (unpaired) electrons. The zero-order chi connectivity index (χ0) is 15.7. The van der Waals surface area contributed by atoms with E-state index in [0.29, 0.717) is 0 Å². The number of hydrogen-bond donors (Lipinski definition) is 0. The summed E-state index contributed by atoms with van der Waals surface area (Å²) in [6.07, 6.45) is -11.3. The normalized spacial score (nSPS) is 12.8. The van der Waals surface area contributed by atoms with E-state index < -0.39 is 41.6 Å². The highest BCUT2D eigenvalue weighted by atomic mass is 19.4. The molecule has 0 fully saturated rings. The van der Waals surface area contributed by atoms with Crippen LogP contribution < -0.4 is 0 Å². The smallest absolute Gasteiger partial charge is 0.409 e. The molecule has 4 nitrogen and oxygen atoms in total. The fraction of sp³-hybridized carbons (Fsp3) is 0.600. The molecule has 0 bridgehead atoms. The number of aromatic nitrogens is 1. The van der Waals surface area contributed by atoms with Crippen LogP contribution in [-0.2, 0) is 4.74 Å². The largest absolute Gasteiger partial charge is 0.460 e. The third kappa shape index (κ3) is 3.42. The van der Waals surface area contributed by atoms with E-state index in [0.717, 1.165) is 6.92 Å². The zero-order valence-electron chi connectivity index (χ0n) is 10.2. The van der Waals surface area contributed by atoms with Crippen LogP contribution in [0.15, 0.2) is 4.42 Å². The summed E-state index contributed by atoms with van der Waals surface area (Å²) < 4.78 is 83.5. The number of carbonyl (C=O) groups is 1. The second kappa shape index (κ2) is 5.33. The number of esters is 1. The third-order valence-corrected chi connectivity index (χ3v) is 2.18. The van der Waals surface area contributed by atoms with Crippen molar-refractivity contribution >= 4 is 5.97 Å². The Morgan fingerprint density at radius 1 is 1.25 bits per heavy atom. The fourth-order valence-corrected chi connectivity index (χ4v) is 1.39. The Bertz CT molecular complexity index is 476. The van der Waals surface area contributed by atoms with Gasteiger partial charge in [-0.1, -0.05) is 0 Å². The molecule has 0 aliphatic carbocycles. The van der Waals surface area contributed by atoms with Gasteiger partial charge in [-0.3, -0.25) is 0 Å². The molecule has 0 amide bonds. The second-order valence-corrected chi connectivity index (χ2v) is 3.70. The summed E-state index contributed by atoms with van der Waals surface area (Å²) in [5.74, 6) is -7.48. The molecule has 1 heterocycles. The van der Waals surface area contributed by atoms with Gasteiger partial charge in [0.15, 0.2) is 0 Å². The van der Waals surface area contributed by atoms with E-state index in [4.69, 9.17) is 0 Å². The number of aryl methyl sites for hydroxylation is 1. The van der Waals surface area contributed by atoms with E-state index in [1.807, 2.05) is 0 Å². The van der Waals surface area contributed by atoms with E-state index in [2.05, 4.69) is 14.1 Å². The van der Waals surface area contributed by atoms with Gasteiger partial charge in [0.2, 0.25) is 17.6 Å². The van der Waals surface area contributed by atoms with Crippen molar-refractivity contribution in [1.29, 1.82) is 0 Å². The Kier molecular flexibility index (Phi) is 4.35. The number of carbonyl (C=O) groups excluding carboxylic acids is 1. The number of nitrogens with zero attached hydrogens (tertiary/aromatic N) is 1. The summed E-state index contributed by atoms with van der Waals surface area (Å²) in [6, 6.07) is 0. The van der Waals surface area contributed by atoms with Crippen LogP contribution in [0.1, 0.15) is 35.0 Å². The number of hydrogen-bond acceptors (Lipinski definition) is 4. The number of halogens is 6. The summed E-state index contributed by atoms with van der Waals surface area (Å²) in [6.45, 7) is 2.35. The average molecular weight is 305 g/mol. The van der Waals surface area contributed by atoms with Crippen LogP contribution in [0.5, 0.6) is 0 Å². The molecule has 0 aliphatic heterocycles. The molecular formula is C10H9F6NO3. The van der Waals surface area contributed by atoms with Crippen molar-refractivity contribution in [3.8, 4) is 0 Å². The van der Waals surface area contributed by atoms with Crippen molar-refractivity contribution in [3.05, 3.63) is 17.3 Å². The number of alkyl halides is 6. The topological polar surface area (TPSA) is 52.3 Å². The van der Waals surface area contributed by atoms with Crippen molar-refractivity contribution in [2.45, 2.75) is 32.1 Å². The van der Waals surface area contributed by atoms with Gasteiger partial charge in [0, 0.05) is 0 Å². The standard InChI is InChI=1S/C10H9F6NO3/c1-3-19-8(18)5-4(2)17-7(20-5)6(9(11,12)13)10(14,15)16/h6H,3H2,1-2H3. The maximum atomic E-state index is 12.5. The molecule has 0 atom stereocenters. The molecule has 114 valence electrons. The van der Waals surface area contributed by atoms with Crippen LogP contribution >= 0.6 is 0 Å². The van der Waals surface area contributed by atoms with E-state index in [1.54, 1.807) is 0 Å². The fourth-order valence-electron chi connectivity index (χ4n) is 1.39. The average Bonchev–Trinajstić information content (AvgIpc) is 2.55. The van der Waals surface area contributed by atoms with Gasteiger partial charge < -0.3 is 9.15 Å². The molecule has 10 heteroatoms. The first-order valence-corrected chi connectivity index (χ1v) is 5.26. The molecule has 0 saturated carbocycles. The van der Waals surface area contributed by atoms with Crippen LogP contribution in [-0.4, -0.2) is 29.9 Å². The van der Waals surface area contributed by atoms with Gasteiger partial charge in [0.1, 0.15) is 0 Å². The highest BCUT2D eigenvalue weighted by Crippen LogP contribution is 2.46. The first-order chi connectivity index (χ1) is 8.98. The zero-order valence-corrected chi connectivity index (χ0v) is 10.2. The molecule has 0 N–H and O–H groups in total. The van der Waals surface area contributed by atoms with Gasteiger partial charge in [0.05, 0.1) is 12.3 Å². The lowest BCUT2D eigenvalue weighted by Gasteiger charge is -2.19. The lowest BCUT2D eigenvalue weighted by Crippen LogP contribution is -2.34. The lowest BCUT2D eigenvalue weighted by atomic mass is 10.1. The Morgan fingerprint density at radius 3 is 2.15 bits per heavy atom. The highest BCUT2D eigenvalue weighted by molar-refractivity contribution is 5.87. The maximum absolute atomic E-state index is 12.5. The van der Waals surface area contributed by atoms with E-state index in [9.17, 15) is 31.1 Å². The summed E-state index contributed by atoms with van der Waals surface area (Å²) >= 11 is 0. The van der Waals surface area contributed by atoms with E-state index >= 15 is 0 Å². The molecule has 0 saturated heterocycles. The summed E-state index contributed by atoms with van der Waals surface area (Å²) in [5.41, 5.74) is -0.406. The van der Waals surface area contributed by atoms with Gasteiger partial charge >= 0.3 is 18.3 Å². The van der Waals surface area contributed by atoms with Gasteiger partial charge in [-0.05, 0) is 13.8 Å². The van der Waals surface area contributed by atoms with E-state index in [1.165, 1.54) is 6.92 Å². The van der Waals surface area contributed by atoms with Crippen molar-refractivity contribution in [2.24, 2.45) is 0 Å². The Labute approximate surface area is 108 Å². The van der Waals surface area contributed by atoms with Crippen molar-refractivity contribution in [2.75, 3.05) is 6.61 Å². The van der Waals surface area contributed by atoms with Crippen molar-refractivity contribution < 1.29 is 40.3 Å². The highest BCUT2D eigenvalue weighted by Gasteiger charge is 2.60. The Hall–Kier alpha value is -1.74. The lowest BCUT2D eigenvalue weighted by molar-refractivity contribution is -0.258. The minimum Gasteiger partial charge on any atom is -0.460 e.